The molecule has 2 heteroatoms. The van der Waals surface area contributed by atoms with Gasteiger partial charge in [-0.05, 0) is 73.5 Å². The SMILES string of the molecule is C=C[C@@]1(C)CC=C2C(CCC3[C@](CC)(C(=O)NCC(C)C)CCC[C@@]23C)C1. The van der Waals surface area contributed by atoms with Crippen LogP contribution in [0.5, 0.6) is 0 Å². The molecule has 0 spiro atoms. The second-order valence-corrected chi connectivity index (χ2v) is 10.6. The molecule has 1 amide bonds. The lowest BCUT2D eigenvalue weighted by molar-refractivity contribution is -0.145. The van der Waals surface area contributed by atoms with Crippen LogP contribution in [0.3, 0.4) is 0 Å². The molecule has 0 bridgehead atoms. The zero-order chi connectivity index (χ0) is 19.9. The summed E-state index contributed by atoms with van der Waals surface area (Å²) in [4.78, 5) is 13.4. The standard InChI is InChI=1S/C25H41NO/c1-7-23(5)15-12-20-19(16-23)10-11-21-24(20,6)13-9-14-25(21,8-2)22(27)26-17-18(3)4/h7,12,18-19,21H,1,8-11,13-17H2,2-6H3,(H,26,27)/t19?,21?,23-,24-,25+/m0/s1. The summed E-state index contributed by atoms with van der Waals surface area (Å²) in [7, 11) is 0. The van der Waals surface area contributed by atoms with E-state index in [1.165, 1.54) is 32.1 Å². The maximum Gasteiger partial charge on any atom is 0.226 e. The van der Waals surface area contributed by atoms with Crippen LogP contribution in [0.2, 0.25) is 0 Å². The average Bonchev–Trinajstić information content (AvgIpc) is 2.64. The van der Waals surface area contributed by atoms with Gasteiger partial charge in [-0.15, -0.1) is 6.58 Å². The third-order valence-electron chi connectivity index (χ3n) is 8.41. The maximum atomic E-state index is 13.4. The fourth-order valence-electron chi connectivity index (χ4n) is 6.76. The Morgan fingerprint density at radius 2 is 2.07 bits per heavy atom. The van der Waals surface area contributed by atoms with Gasteiger partial charge in [-0.1, -0.05) is 58.8 Å². The van der Waals surface area contributed by atoms with Gasteiger partial charge in [0.15, 0.2) is 0 Å². The van der Waals surface area contributed by atoms with E-state index in [4.69, 9.17) is 0 Å². The summed E-state index contributed by atoms with van der Waals surface area (Å²) in [6.07, 6.45) is 14.0. The Bertz CT molecular complexity index is 620. The number of allylic oxidation sites excluding steroid dienone is 3. The second-order valence-electron chi connectivity index (χ2n) is 10.6. The molecule has 0 aromatic heterocycles. The summed E-state index contributed by atoms with van der Waals surface area (Å²) in [5.74, 6) is 2.02. The number of amides is 1. The highest BCUT2D eigenvalue weighted by Crippen LogP contribution is 2.64. The van der Waals surface area contributed by atoms with Gasteiger partial charge in [-0.3, -0.25) is 4.79 Å². The molecular formula is C25H41NO. The van der Waals surface area contributed by atoms with Crippen molar-refractivity contribution in [1.29, 1.82) is 0 Å². The topological polar surface area (TPSA) is 29.1 Å². The lowest BCUT2D eigenvalue weighted by Crippen LogP contribution is -2.56. The van der Waals surface area contributed by atoms with Gasteiger partial charge >= 0.3 is 0 Å². The molecule has 0 aliphatic heterocycles. The molecule has 2 unspecified atom stereocenters. The third kappa shape index (κ3) is 3.42. The Hall–Kier alpha value is -1.05. The van der Waals surface area contributed by atoms with Crippen molar-refractivity contribution < 1.29 is 4.79 Å². The van der Waals surface area contributed by atoms with E-state index in [2.05, 4.69) is 58.7 Å². The van der Waals surface area contributed by atoms with Crippen molar-refractivity contribution in [3.8, 4) is 0 Å². The molecule has 27 heavy (non-hydrogen) atoms. The van der Waals surface area contributed by atoms with Crippen molar-refractivity contribution in [2.24, 2.45) is 34.0 Å². The fraction of sp³-hybridized carbons (Fsp3) is 0.800. The lowest BCUT2D eigenvalue weighted by Gasteiger charge is -2.59. The number of rotatable bonds is 5. The number of carbonyl (C=O) groups excluding carboxylic acids is 1. The molecule has 3 aliphatic rings. The van der Waals surface area contributed by atoms with Gasteiger partial charge in [0, 0.05) is 6.54 Å². The van der Waals surface area contributed by atoms with Crippen molar-refractivity contribution in [2.45, 2.75) is 86.0 Å². The van der Waals surface area contributed by atoms with Crippen molar-refractivity contribution >= 4 is 5.91 Å². The van der Waals surface area contributed by atoms with Crippen LogP contribution in [0.1, 0.15) is 86.0 Å². The van der Waals surface area contributed by atoms with Gasteiger partial charge in [-0.2, -0.15) is 0 Å². The highest BCUT2D eigenvalue weighted by Gasteiger charge is 2.58. The summed E-state index contributed by atoms with van der Waals surface area (Å²) in [6, 6.07) is 0. The van der Waals surface area contributed by atoms with E-state index in [1.807, 2.05) is 0 Å². The van der Waals surface area contributed by atoms with Crippen LogP contribution < -0.4 is 5.32 Å². The van der Waals surface area contributed by atoms with E-state index in [-0.39, 0.29) is 16.2 Å². The minimum Gasteiger partial charge on any atom is -0.355 e. The minimum atomic E-state index is -0.174. The Kier molecular flexibility index (Phi) is 5.67. The molecule has 2 fully saturated rings. The number of carbonyl (C=O) groups is 1. The van der Waals surface area contributed by atoms with Crippen LogP contribution in [0, 0.1) is 34.0 Å². The molecule has 1 N–H and O–H groups in total. The monoisotopic (exact) mass is 371 g/mol. The molecule has 3 aliphatic carbocycles. The second kappa shape index (κ2) is 7.41. The number of hydrogen-bond acceptors (Lipinski definition) is 1. The van der Waals surface area contributed by atoms with Gasteiger partial charge in [0.25, 0.3) is 0 Å². The predicted molar refractivity (Wildman–Crippen MR) is 114 cm³/mol. The molecule has 0 heterocycles. The fourth-order valence-corrected chi connectivity index (χ4v) is 6.76. The van der Waals surface area contributed by atoms with Crippen molar-refractivity contribution in [1.82, 2.24) is 5.32 Å². The summed E-state index contributed by atoms with van der Waals surface area (Å²) in [6.45, 7) is 16.4. The van der Waals surface area contributed by atoms with Gasteiger partial charge in [0.2, 0.25) is 5.91 Å². The maximum absolute atomic E-state index is 13.4. The summed E-state index contributed by atoms with van der Waals surface area (Å²) in [5.41, 5.74) is 1.97. The van der Waals surface area contributed by atoms with Crippen molar-refractivity contribution in [3.63, 3.8) is 0 Å². The van der Waals surface area contributed by atoms with Crippen LogP contribution in [0.4, 0.5) is 0 Å². The Morgan fingerprint density at radius 1 is 1.33 bits per heavy atom. The first-order valence-electron chi connectivity index (χ1n) is 11.3. The number of hydrogen-bond donors (Lipinski definition) is 1. The summed E-state index contributed by atoms with van der Waals surface area (Å²) < 4.78 is 0. The normalized spacial score (nSPS) is 41.3. The van der Waals surface area contributed by atoms with Gasteiger partial charge < -0.3 is 5.32 Å². The Balaban J connectivity index is 1.93. The molecule has 2 saturated carbocycles. The third-order valence-corrected chi connectivity index (χ3v) is 8.41. The first-order valence-corrected chi connectivity index (χ1v) is 11.3. The zero-order valence-electron chi connectivity index (χ0n) is 18.4. The molecule has 3 rings (SSSR count). The molecule has 0 aromatic carbocycles. The molecule has 0 aromatic rings. The zero-order valence-corrected chi connectivity index (χ0v) is 18.4. The quantitative estimate of drug-likeness (QED) is 0.566. The lowest BCUT2D eigenvalue weighted by atomic mass is 9.45. The van der Waals surface area contributed by atoms with Crippen LogP contribution in [-0.4, -0.2) is 12.5 Å². The van der Waals surface area contributed by atoms with Crippen molar-refractivity contribution in [2.75, 3.05) is 6.54 Å². The van der Waals surface area contributed by atoms with Crippen LogP contribution in [0.25, 0.3) is 0 Å². The van der Waals surface area contributed by atoms with E-state index in [1.54, 1.807) is 5.57 Å². The number of fused-ring (bicyclic) bond motifs is 3. The average molecular weight is 372 g/mol. The van der Waals surface area contributed by atoms with E-state index >= 15 is 0 Å². The molecule has 2 nitrogen and oxygen atoms in total. The van der Waals surface area contributed by atoms with Gasteiger partial charge in [0.05, 0.1) is 5.41 Å². The smallest absolute Gasteiger partial charge is 0.226 e. The number of nitrogens with one attached hydrogen (secondary N) is 1. The van der Waals surface area contributed by atoms with Crippen LogP contribution in [-0.2, 0) is 4.79 Å². The van der Waals surface area contributed by atoms with Crippen molar-refractivity contribution in [3.05, 3.63) is 24.3 Å². The molecule has 0 saturated heterocycles. The van der Waals surface area contributed by atoms with E-state index in [0.717, 1.165) is 25.8 Å². The summed E-state index contributed by atoms with van der Waals surface area (Å²) >= 11 is 0. The highest BCUT2D eigenvalue weighted by atomic mass is 16.2. The molecular weight excluding hydrogens is 330 g/mol. The Morgan fingerprint density at radius 3 is 2.70 bits per heavy atom. The van der Waals surface area contributed by atoms with Gasteiger partial charge in [-0.25, -0.2) is 0 Å². The molecule has 152 valence electrons. The summed E-state index contributed by atoms with van der Waals surface area (Å²) in [5, 5.41) is 3.32. The van der Waals surface area contributed by atoms with E-state index in [9.17, 15) is 4.79 Å². The first kappa shape index (κ1) is 20.7. The van der Waals surface area contributed by atoms with E-state index in [0.29, 0.717) is 23.7 Å². The van der Waals surface area contributed by atoms with Crippen LogP contribution in [0.15, 0.2) is 24.3 Å². The first-order chi connectivity index (χ1) is 12.7. The largest absolute Gasteiger partial charge is 0.355 e. The van der Waals surface area contributed by atoms with Crippen LogP contribution >= 0.6 is 0 Å². The minimum absolute atomic E-state index is 0.174. The van der Waals surface area contributed by atoms with Gasteiger partial charge in [0.1, 0.15) is 0 Å². The molecule has 5 atom stereocenters. The highest BCUT2D eigenvalue weighted by molar-refractivity contribution is 5.83. The van der Waals surface area contributed by atoms with E-state index < -0.39 is 0 Å². The molecule has 0 radical (unpaired) electrons. The predicted octanol–water partition coefficient (Wildman–Crippen LogP) is 6.28. The Labute approximate surface area is 167 Å².